The Morgan fingerprint density at radius 3 is 1.85 bits per heavy atom. The van der Waals surface area contributed by atoms with Crippen LogP contribution in [0.1, 0.15) is 22.6 Å². The molecule has 3 aromatic heterocycles. The van der Waals surface area contributed by atoms with Gasteiger partial charge in [0, 0.05) is 62.7 Å². The average molecular weight is 698 g/mol. The molecule has 11 rings (SSSR count). The van der Waals surface area contributed by atoms with E-state index in [1.807, 2.05) is 22.7 Å². The van der Waals surface area contributed by atoms with Gasteiger partial charge in [0.05, 0.1) is 11.0 Å². The fraction of sp³-hybridized carbons (Fsp3) is 0.0204. The first-order valence-electron chi connectivity index (χ1n) is 17.8. The highest BCUT2D eigenvalue weighted by Gasteiger charge is 2.23. The van der Waals surface area contributed by atoms with Crippen molar-refractivity contribution in [3.05, 3.63) is 199 Å². The molecule has 0 aliphatic carbocycles. The topological polar surface area (TPSA) is 4.93 Å². The second-order valence-electron chi connectivity index (χ2n) is 13.7. The molecule has 0 aliphatic rings. The zero-order valence-electron chi connectivity index (χ0n) is 28.2. The molecule has 0 aliphatic heterocycles. The van der Waals surface area contributed by atoms with E-state index in [0.29, 0.717) is 0 Å². The molecule has 0 fully saturated rings. The van der Waals surface area contributed by atoms with Gasteiger partial charge in [-0.25, -0.2) is 0 Å². The van der Waals surface area contributed by atoms with E-state index in [1.54, 1.807) is 0 Å². The Kier molecular flexibility index (Phi) is 6.73. The average Bonchev–Trinajstić information content (AvgIpc) is 3.88. The fourth-order valence-corrected chi connectivity index (χ4v) is 10.8. The molecule has 0 bridgehead atoms. The largest absolute Gasteiger partial charge is 0.309 e. The summed E-state index contributed by atoms with van der Waals surface area (Å²) in [7, 11) is 0. The van der Waals surface area contributed by atoms with Crippen molar-refractivity contribution in [2.45, 2.75) is 5.92 Å². The zero-order valence-corrected chi connectivity index (χ0v) is 29.8. The molecule has 0 amide bonds. The normalized spacial score (nSPS) is 12.5. The standard InChI is InChI=1S/C49H31NS2/c1-2-14-35(15-3-1)50-43-21-7-4-16-36(43)37-26-24-32(29-44(37)50)31-12-10-13-33(28-31)48(34-25-27-40-38-17-5-8-22-45(38)51-47(40)30-34)42-20-11-19-41-39-18-6-9-23-46(39)52-49(41)42/h1-30,48H. The van der Waals surface area contributed by atoms with Crippen LogP contribution in [0.2, 0.25) is 0 Å². The first-order valence-corrected chi connectivity index (χ1v) is 19.4. The third kappa shape index (κ3) is 4.60. The number of hydrogen-bond donors (Lipinski definition) is 0. The summed E-state index contributed by atoms with van der Waals surface area (Å²) in [5.41, 5.74) is 10.0. The summed E-state index contributed by atoms with van der Waals surface area (Å²) < 4.78 is 7.78. The van der Waals surface area contributed by atoms with Crippen LogP contribution in [-0.2, 0) is 0 Å². The Morgan fingerprint density at radius 1 is 0.365 bits per heavy atom. The number of benzene rings is 8. The number of nitrogens with zero attached hydrogens (tertiary/aromatic N) is 1. The van der Waals surface area contributed by atoms with E-state index in [1.165, 1.54) is 95.7 Å². The van der Waals surface area contributed by atoms with Crippen molar-refractivity contribution in [1.82, 2.24) is 4.57 Å². The first kappa shape index (κ1) is 29.7. The second-order valence-corrected chi connectivity index (χ2v) is 15.8. The Hall–Kier alpha value is -6.00. The van der Waals surface area contributed by atoms with Gasteiger partial charge in [0.2, 0.25) is 0 Å². The number of para-hydroxylation sites is 2. The molecule has 52 heavy (non-hydrogen) atoms. The minimum Gasteiger partial charge on any atom is -0.309 e. The summed E-state index contributed by atoms with van der Waals surface area (Å²) in [5.74, 6) is 0.0609. The van der Waals surface area contributed by atoms with Gasteiger partial charge >= 0.3 is 0 Å². The van der Waals surface area contributed by atoms with Crippen LogP contribution in [0, 0.1) is 0 Å². The predicted molar refractivity (Wildman–Crippen MR) is 226 cm³/mol. The van der Waals surface area contributed by atoms with Crippen LogP contribution < -0.4 is 0 Å². The highest BCUT2D eigenvalue weighted by Crippen LogP contribution is 2.45. The maximum Gasteiger partial charge on any atom is 0.0547 e. The second kappa shape index (κ2) is 11.8. The first-order chi connectivity index (χ1) is 25.8. The van der Waals surface area contributed by atoms with Crippen LogP contribution in [0.5, 0.6) is 0 Å². The van der Waals surface area contributed by atoms with Crippen molar-refractivity contribution in [1.29, 1.82) is 0 Å². The molecular formula is C49H31NS2. The molecule has 1 atom stereocenters. The summed E-state index contributed by atoms with van der Waals surface area (Å²) in [6.07, 6.45) is 0. The zero-order chi connectivity index (χ0) is 34.2. The molecule has 0 saturated heterocycles. The van der Waals surface area contributed by atoms with Gasteiger partial charge in [-0.2, -0.15) is 0 Å². The van der Waals surface area contributed by atoms with Crippen molar-refractivity contribution in [3.8, 4) is 16.8 Å². The van der Waals surface area contributed by atoms with E-state index >= 15 is 0 Å². The summed E-state index contributed by atoms with van der Waals surface area (Å²) >= 11 is 3.81. The molecule has 11 aromatic rings. The number of thiophene rings is 2. The fourth-order valence-electron chi connectivity index (χ4n) is 8.37. The van der Waals surface area contributed by atoms with Gasteiger partial charge in [-0.05, 0) is 70.3 Å². The van der Waals surface area contributed by atoms with E-state index in [9.17, 15) is 0 Å². The van der Waals surface area contributed by atoms with Crippen LogP contribution in [0.4, 0.5) is 0 Å². The van der Waals surface area contributed by atoms with Gasteiger partial charge in [-0.15, -0.1) is 22.7 Å². The number of fused-ring (bicyclic) bond motifs is 9. The van der Waals surface area contributed by atoms with Gasteiger partial charge in [-0.3, -0.25) is 0 Å². The lowest BCUT2D eigenvalue weighted by Gasteiger charge is -2.21. The van der Waals surface area contributed by atoms with Crippen molar-refractivity contribution in [3.63, 3.8) is 0 Å². The van der Waals surface area contributed by atoms with E-state index in [4.69, 9.17) is 0 Å². The summed E-state index contributed by atoms with van der Waals surface area (Å²) in [6.45, 7) is 0. The number of rotatable bonds is 5. The summed E-state index contributed by atoms with van der Waals surface area (Å²) in [5, 5.41) is 7.88. The Bertz CT molecular complexity index is 3140. The summed E-state index contributed by atoms with van der Waals surface area (Å²) in [4.78, 5) is 0. The molecule has 3 heteroatoms. The van der Waals surface area contributed by atoms with Crippen molar-refractivity contribution >= 4 is 84.8 Å². The van der Waals surface area contributed by atoms with Gasteiger partial charge in [0.1, 0.15) is 0 Å². The molecule has 0 radical (unpaired) electrons. The van der Waals surface area contributed by atoms with E-state index in [0.717, 1.165) is 0 Å². The van der Waals surface area contributed by atoms with Crippen LogP contribution in [0.15, 0.2) is 182 Å². The van der Waals surface area contributed by atoms with Gasteiger partial charge in [0.25, 0.3) is 0 Å². The van der Waals surface area contributed by atoms with Crippen molar-refractivity contribution in [2.24, 2.45) is 0 Å². The van der Waals surface area contributed by atoms with Crippen LogP contribution in [0.25, 0.3) is 79.0 Å². The minimum absolute atomic E-state index is 0.0609. The molecule has 0 saturated carbocycles. The highest BCUT2D eigenvalue weighted by molar-refractivity contribution is 7.26. The smallest absolute Gasteiger partial charge is 0.0547 e. The van der Waals surface area contributed by atoms with Crippen LogP contribution in [-0.4, -0.2) is 4.57 Å². The molecular weight excluding hydrogens is 667 g/mol. The lowest BCUT2D eigenvalue weighted by molar-refractivity contribution is 0.995. The molecule has 8 aromatic carbocycles. The predicted octanol–water partition coefficient (Wildman–Crippen LogP) is 14.4. The van der Waals surface area contributed by atoms with Gasteiger partial charge in [-0.1, -0.05) is 140 Å². The minimum atomic E-state index is 0.0609. The molecule has 1 nitrogen and oxygen atoms in total. The van der Waals surface area contributed by atoms with Gasteiger partial charge < -0.3 is 4.57 Å². The lowest BCUT2D eigenvalue weighted by atomic mass is 9.83. The third-order valence-corrected chi connectivity index (χ3v) is 13.1. The van der Waals surface area contributed by atoms with E-state index in [2.05, 4.69) is 187 Å². The SMILES string of the molecule is c1ccc(-n2c3ccccc3c3ccc(-c4cccc(C(c5ccc6c(c5)sc5ccccc56)c5cccc6c5sc5ccccc56)c4)cc32)cc1. The molecule has 0 spiro atoms. The van der Waals surface area contributed by atoms with E-state index < -0.39 is 0 Å². The Labute approximate surface area is 309 Å². The quantitative estimate of drug-likeness (QED) is 0.158. The third-order valence-electron chi connectivity index (χ3n) is 10.7. The van der Waals surface area contributed by atoms with Crippen LogP contribution >= 0.6 is 22.7 Å². The maximum absolute atomic E-state index is 2.45. The van der Waals surface area contributed by atoms with Crippen molar-refractivity contribution < 1.29 is 0 Å². The van der Waals surface area contributed by atoms with E-state index in [-0.39, 0.29) is 5.92 Å². The Balaban J connectivity index is 1.13. The Morgan fingerprint density at radius 2 is 0.981 bits per heavy atom. The van der Waals surface area contributed by atoms with Crippen LogP contribution in [0.3, 0.4) is 0 Å². The molecule has 1 unspecified atom stereocenters. The summed E-state index contributed by atoms with van der Waals surface area (Å²) in [6, 6.07) is 67.4. The monoisotopic (exact) mass is 697 g/mol. The number of hydrogen-bond acceptors (Lipinski definition) is 2. The lowest BCUT2D eigenvalue weighted by Crippen LogP contribution is -2.04. The maximum atomic E-state index is 2.45. The highest BCUT2D eigenvalue weighted by atomic mass is 32.1. The van der Waals surface area contributed by atoms with Crippen molar-refractivity contribution in [2.75, 3.05) is 0 Å². The molecule has 244 valence electrons. The number of aromatic nitrogens is 1. The molecule has 0 N–H and O–H groups in total. The van der Waals surface area contributed by atoms with Gasteiger partial charge in [0.15, 0.2) is 0 Å². The molecule has 3 heterocycles.